The van der Waals surface area contributed by atoms with Crippen LogP contribution in [0.3, 0.4) is 0 Å². The van der Waals surface area contributed by atoms with Gasteiger partial charge in [-0.25, -0.2) is 9.97 Å². The molecule has 9 heteroatoms. The van der Waals surface area contributed by atoms with E-state index in [0.29, 0.717) is 24.0 Å². The normalized spacial score (nSPS) is 12.6. The van der Waals surface area contributed by atoms with Crippen molar-refractivity contribution in [3.63, 3.8) is 0 Å². The van der Waals surface area contributed by atoms with Gasteiger partial charge in [0.05, 0.1) is 41.9 Å². The number of anilines is 4. The number of hydrogen-bond donors (Lipinski definition) is 2. The fourth-order valence-corrected chi connectivity index (χ4v) is 4.79. The second-order valence-corrected chi connectivity index (χ2v) is 9.62. The molecule has 1 aliphatic rings. The number of nitrogens with zero attached hydrogens (tertiary/aromatic N) is 5. The topological polar surface area (TPSA) is 93.7 Å². The number of nitrogens with two attached hydrogens (primary N) is 1. The third-order valence-electron chi connectivity index (χ3n) is 6.84. The van der Waals surface area contributed by atoms with Crippen LogP contribution in [0, 0.1) is 0 Å². The maximum atomic E-state index is 6.47. The third kappa shape index (κ3) is 4.74. The largest absolute Gasteiger partial charge is 0.494 e. The summed E-state index contributed by atoms with van der Waals surface area (Å²) in [7, 11) is 7.80. The van der Waals surface area contributed by atoms with E-state index >= 15 is 0 Å². The molecule has 0 saturated heterocycles. The van der Waals surface area contributed by atoms with Crippen molar-refractivity contribution >= 4 is 33.9 Å². The molecule has 4 aromatic rings. The minimum absolute atomic E-state index is 0.488. The molecule has 0 aliphatic carbocycles. The van der Waals surface area contributed by atoms with Crippen LogP contribution in [0.4, 0.5) is 23.0 Å². The third-order valence-corrected chi connectivity index (χ3v) is 6.84. The Balaban J connectivity index is 1.51. The van der Waals surface area contributed by atoms with Crippen molar-refractivity contribution in [2.75, 3.05) is 63.9 Å². The minimum atomic E-state index is 0.488. The zero-order chi connectivity index (χ0) is 26.1. The fourth-order valence-electron chi connectivity index (χ4n) is 4.79. The van der Waals surface area contributed by atoms with Crippen molar-refractivity contribution in [1.82, 2.24) is 19.4 Å². The van der Waals surface area contributed by atoms with Crippen LogP contribution in [0.15, 0.2) is 42.7 Å². The zero-order valence-corrected chi connectivity index (χ0v) is 22.2. The van der Waals surface area contributed by atoms with E-state index in [2.05, 4.69) is 57.9 Å². The maximum Gasteiger partial charge on any atom is 0.227 e. The summed E-state index contributed by atoms with van der Waals surface area (Å²) in [6.45, 7) is 5.37. The van der Waals surface area contributed by atoms with Crippen molar-refractivity contribution in [2.24, 2.45) is 0 Å². The molecule has 5 rings (SSSR count). The van der Waals surface area contributed by atoms with Crippen LogP contribution in [0.25, 0.3) is 22.2 Å². The van der Waals surface area contributed by atoms with E-state index in [1.807, 2.05) is 37.5 Å². The van der Waals surface area contributed by atoms with Gasteiger partial charge < -0.3 is 34.9 Å². The van der Waals surface area contributed by atoms with Crippen molar-refractivity contribution in [3.8, 4) is 22.8 Å². The average Bonchev–Trinajstić information content (AvgIpc) is 3.28. The predicted molar refractivity (Wildman–Crippen MR) is 150 cm³/mol. The molecule has 0 radical (unpaired) electrons. The molecule has 0 fully saturated rings. The first-order valence-electron chi connectivity index (χ1n) is 12.6. The second-order valence-electron chi connectivity index (χ2n) is 9.62. The standard InChI is InChI=1S/C28H35N7O2/c1-6-18-16-30-28(31-22-14-21(29)23(15-25(22)36-5)34(4)11-10-33(2)3)32-26(18)20-17-35-12-13-37-24-9-7-8-19(20)27(24)35/h7-9,14-17H,6,10-13,29H2,1-5H3,(H,30,31,32). The van der Waals surface area contributed by atoms with Gasteiger partial charge in [0.2, 0.25) is 5.95 Å². The molecule has 3 heterocycles. The number of nitrogen functional groups attached to an aromatic ring is 1. The van der Waals surface area contributed by atoms with Crippen LogP contribution in [-0.4, -0.2) is 67.4 Å². The van der Waals surface area contributed by atoms with Crippen LogP contribution >= 0.6 is 0 Å². The van der Waals surface area contributed by atoms with Gasteiger partial charge in [-0.3, -0.25) is 0 Å². The Hall–Kier alpha value is -3.98. The van der Waals surface area contributed by atoms with Crippen LogP contribution in [-0.2, 0) is 13.0 Å². The molecule has 37 heavy (non-hydrogen) atoms. The van der Waals surface area contributed by atoms with Crippen molar-refractivity contribution in [1.29, 1.82) is 0 Å². The molecule has 9 nitrogen and oxygen atoms in total. The second kappa shape index (κ2) is 10.2. The number of likely N-dealkylation sites (N-methyl/N-ethyl adjacent to an activating group) is 2. The van der Waals surface area contributed by atoms with Crippen LogP contribution in [0.5, 0.6) is 11.5 Å². The SMILES string of the molecule is CCc1cnc(Nc2cc(N)c(N(C)CCN(C)C)cc2OC)nc1-c1cn2c3c(cccc13)OCC2. The van der Waals surface area contributed by atoms with Gasteiger partial charge in [-0.1, -0.05) is 19.1 Å². The average molecular weight is 502 g/mol. The Morgan fingerprint density at radius 2 is 2.03 bits per heavy atom. The van der Waals surface area contributed by atoms with E-state index in [0.717, 1.165) is 70.9 Å². The lowest BCUT2D eigenvalue weighted by Gasteiger charge is -2.24. The molecular weight excluding hydrogens is 466 g/mol. The van der Waals surface area contributed by atoms with E-state index in [9.17, 15) is 0 Å². The zero-order valence-electron chi connectivity index (χ0n) is 22.2. The number of para-hydroxylation sites is 1. The van der Waals surface area contributed by atoms with Crippen LogP contribution in [0.1, 0.15) is 12.5 Å². The Morgan fingerprint density at radius 1 is 1.19 bits per heavy atom. The van der Waals surface area contributed by atoms with Gasteiger partial charge >= 0.3 is 0 Å². The van der Waals surface area contributed by atoms with Crippen molar-refractivity contribution in [2.45, 2.75) is 19.9 Å². The predicted octanol–water partition coefficient (Wildman–Crippen LogP) is 4.39. The summed E-state index contributed by atoms with van der Waals surface area (Å²) in [6.07, 6.45) is 4.90. The number of ether oxygens (including phenoxy) is 2. The minimum Gasteiger partial charge on any atom is -0.494 e. The molecule has 0 spiro atoms. The van der Waals surface area contributed by atoms with Crippen LogP contribution < -0.4 is 25.4 Å². The quantitative estimate of drug-likeness (QED) is 0.326. The molecule has 2 aromatic carbocycles. The summed E-state index contributed by atoms with van der Waals surface area (Å²) in [5.41, 5.74) is 12.9. The highest BCUT2D eigenvalue weighted by atomic mass is 16.5. The highest BCUT2D eigenvalue weighted by Crippen LogP contribution is 2.39. The number of methoxy groups -OCH3 is 1. The van der Waals surface area contributed by atoms with Gasteiger partial charge in [-0.2, -0.15) is 0 Å². The van der Waals surface area contributed by atoms with Crippen molar-refractivity contribution < 1.29 is 9.47 Å². The van der Waals surface area contributed by atoms with Gasteiger partial charge in [0.1, 0.15) is 18.1 Å². The van der Waals surface area contributed by atoms with E-state index < -0.39 is 0 Å². The first kappa shape index (κ1) is 24.7. The number of rotatable bonds is 9. The highest BCUT2D eigenvalue weighted by molar-refractivity contribution is 5.99. The summed E-state index contributed by atoms with van der Waals surface area (Å²) in [5.74, 6) is 2.08. The molecule has 2 aromatic heterocycles. The fraction of sp³-hybridized carbons (Fsp3) is 0.357. The number of hydrogen-bond acceptors (Lipinski definition) is 8. The summed E-state index contributed by atoms with van der Waals surface area (Å²) < 4.78 is 13.9. The molecule has 3 N–H and O–H groups in total. The van der Waals surface area contributed by atoms with E-state index in [1.165, 1.54) is 0 Å². The lowest BCUT2D eigenvalue weighted by atomic mass is 10.0. The molecule has 0 saturated carbocycles. The van der Waals surface area contributed by atoms with Gasteiger partial charge in [-0.05, 0) is 38.2 Å². The van der Waals surface area contributed by atoms with Gasteiger partial charge in [0.25, 0.3) is 0 Å². The summed E-state index contributed by atoms with van der Waals surface area (Å²) in [4.78, 5) is 13.9. The number of benzene rings is 2. The Bertz CT molecular complexity index is 1430. The number of aryl methyl sites for hydroxylation is 1. The van der Waals surface area contributed by atoms with Gasteiger partial charge in [0.15, 0.2) is 0 Å². The van der Waals surface area contributed by atoms with Gasteiger partial charge in [0, 0.05) is 49.5 Å². The first-order valence-corrected chi connectivity index (χ1v) is 12.6. The Kier molecular flexibility index (Phi) is 6.80. The molecule has 0 atom stereocenters. The van der Waals surface area contributed by atoms with Gasteiger partial charge in [-0.15, -0.1) is 0 Å². The molecular formula is C28H35N7O2. The molecule has 0 unspecified atom stereocenters. The molecule has 194 valence electrons. The Labute approximate surface area is 217 Å². The van der Waals surface area contributed by atoms with E-state index in [-0.39, 0.29) is 0 Å². The smallest absolute Gasteiger partial charge is 0.227 e. The monoisotopic (exact) mass is 501 g/mol. The number of aromatic nitrogens is 3. The molecule has 0 bridgehead atoms. The Morgan fingerprint density at radius 3 is 2.78 bits per heavy atom. The summed E-state index contributed by atoms with van der Waals surface area (Å²) in [5, 5.41) is 4.48. The highest BCUT2D eigenvalue weighted by Gasteiger charge is 2.21. The number of nitrogens with one attached hydrogen (secondary N) is 1. The van der Waals surface area contributed by atoms with Crippen LogP contribution in [0.2, 0.25) is 0 Å². The van der Waals surface area contributed by atoms with Crippen molar-refractivity contribution in [3.05, 3.63) is 48.3 Å². The molecule has 0 amide bonds. The summed E-state index contributed by atoms with van der Waals surface area (Å²) in [6, 6.07) is 10.0. The lowest BCUT2D eigenvalue weighted by Crippen LogP contribution is -2.29. The maximum absolute atomic E-state index is 6.47. The van der Waals surface area contributed by atoms with E-state index in [1.54, 1.807) is 7.11 Å². The first-order chi connectivity index (χ1) is 17.9. The lowest BCUT2D eigenvalue weighted by molar-refractivity contribution is 0.287. The summed E-state index contributed by atoms with van der Waals surface area (Å²) >= 11 is 0. The molecule has 1 aliphatic heterocycles. The van der Waals surface area contributed by atoms with E-state index in [4.69, 9.17) is 20.2 Å².